The van der Waals surface area contributed by atoms with Crippen LogP contribution in [-0.2, 0) is 4.74 Å². The number of aliphatic hydroxyl groups excluding tert-OH is 1. The number of nitrogens with zero attached hydrogens (tertiary/aromatic N) is 2. The number of piperazine rings is 1. The average molecular weight is 465 g/mol. The Kier molecular flexibility index (Phi) is 7.47. The van der Waals surface area contributed by atoms with Crippen LogP contribution in [0.4, 0.5) is 9.59 Å². The molecular formula is C22H32N2O7Si. The van der Waals surface area contributed by atoms with Gasteiger partial charge in [0.05, 0.1) is 18.7 Å². The molecule has 0 unspecified atom stereocenters. The zero-order valence-corrected chi connectivity index (χ0v) is 19.8. The zero-order chi connectivity index (χ0) is 23.5. The van der Waals surface area contributed by atoms with E-state index in [9.17, 15) is 24.9 Å². The van der Waals surface area contributed by atoms with Crippen LogP contribution in [0.2, 0.25) is 25.7 Å². The normalized spacial score (nSPS) is 21.0. The fourth-order valence-electron chi connectivity index (χ4n) is 4.23. The van der Waals surface area contributed by atoms with Crippen LogP contribution in [0.3, 0.4) is 0 Å². The van der Waals surface area contributed by atoms with Gasteiger partial charge < -0.3 is 29.7 Å². The Morgan fingerprint density at radius 3 is 2.34 bits per heavy atom. The van der Waals surface area contributed by atoms with Crippen LogP contribution in [0.15, 0.2) is 29.8 Å². The number of fused-ring (bicyclic) bond motifs is 2. The van der Waals surface area contributed by atoms with Crippen molar-refractivity contribution < 1.29 is 34.4 Å². The SMILES string of the molecule is C[Si](C)(C)CCOCOc1ccc(C2=C(CO)[C@H]3CN(C(=O)O)C[C@@H](C2)N3C(=O)O)cc1. The average Bonchev–Trinajstić information content (AvgIpc) is 2.71. The van der Waals surface area contributed by atoms with Crippen LogP contribution in [0.25, 0.3) is 5.57 Å². The molecule has 176 valence electrons. The number of benzene rings is 1. The fourth-order valence-corrected chi connectivity index (χ4v) is 4.98. The highest BCUT2D eigenvalue weighted by molar-refractivity contribution is 6.76. The monoisotopic (exact) mass is 464 g/mol. The summed E-state index contributed by atoms with van der Waals surface area (Å²) in [5.74, 6) is 0.660. The molecule has 1 aromatic rings. The maximum Gasteiger partial charge on any atom is 0.408 e. The molecule has 10 heteroatoms. The maximum atomic E-state index is 11.8. The smallest absolute Gasteiger partial charge is 0.408 e. The molecule has 2 atom stereocenters. The third-order valence-electron chi connectivity index (χ3n) is 5.95. The van der Waals surface area contributed by atoms with Crippen molar-refractivity contribution in [2.45, 2.75) is 44.2 Å². The van der Waals surface area contributed by atoms with E-state index >= 15 is 0 Å². The molecule has 1 saturated heterocycles. The lowest BCUT2D eigenvalue weighted by Gasteiger charge is -2.49. The summed E-state index contributed by atoms with van der Waals surface area (Å²) >= 11 is 0. The van der Waals surface area contributed by atoms with Gasteiger partial charge in [0.2, 0.25) is 0 Å². The summed E-state index contributed by atoms with van der Waals surface area (Å²) in [5, 5.41) is 29.1. The summed E-state index contributed by atoms with van der Waals surface area (Å²) in [5.41, 5.74) is 2.27. The highest BCUT2D eigenvalue weighted by Gasteiger charge is 2.45. The number of rotatable bonds is 8. The summed E-state index contributed by atoms with van der Waals surface area (Å²) in [6.45, 7) is 7.50. The molecule has 2 aliphatic heterocycles. The van der Waals surface area contributed by atoms with Gasteiger partial charge in [-0.1, -0.05) is 31.8 Å². The van der Waals surface area contributed by atoms with Crippen molar-refractivity contribution in [1.29, 1.82) is 0 Å². The van der Waals surface area contributed by atoms with Gasteiger partial charge in [0, 0.05) is 27.8 Å². The summed E-state index contributed by atoms with van der Waals surface area (Å²) in [6.07, 6.45) is -1.85. The molecule has 3 N–H and O–H groups in total. The minimum Gasteiger partial charge on any atom is -0.468 e. The molecular weight excluding hydrogens is 432 g/mol. The van der Waals surface area contributed by atoms with E-state index in [0.717, 1.165) is 17.2 Å². The standard InChI is InChI=1S/C22H32N2O7Si/c1-32(2,3)9-8-30-14-31-17-6-4-15(5-7-17)18-10-16-11-23(21(26)27)12-20(19(18)13-25)24(16)22(28)29/h4-7,16,20,25H,8-14H2,1-3H3,(H,26,27)(H,28,29)/t16-,20-/m1/s1. The molecule has 0 radical (unpaired) electrons. The number of carboxylic acid groups (broad SMARTS) is 2. The predicted octanol–water partition coefficient (Wildman–Crippen LogP) is 3.24. The first kappa shape index (κ1) is 24.1. The second-order valence-corrected chi connectivity index (χ2v) is 15.0. The number of ether oxygens (including phenoxy) is 2. The van der Waals surface area contributed by atoms with Gasteiger partial charge in [-0.2, -0.15) is 0 Å². The summed E-state index contributed by atoms with van der Waals surface area (Å²) in [4.78, 5) is 25.8. The second kappa shape index (κ2) is 9.93. The van der Waals surface area contributed by atoms with Crippen molar-refractivity contribution in [1.82, 2.24) is 9.80 Å². The van der Waals surface area contributed by atoms with Crippen molar-refractivity contribution in [3.05, 3.63) is 35.4 Å². The Bertz CT molecular complexity index is 866. The lowest BCUT2D eigenvalue weighted by Crippen LogP contribution is -2.64. The van der Waals surface area contributed by atoms with E-state index in [0.29, 0.717) is 24.4 Å². The van der Waals surface area contributed by atoms with Crippen molar-refractivity contribution in [3.63, 3.8) is 0 Å². The Morgan fingerprint density at radius 2 is 1.78 bits per heavy atom. The van der Waals surface area contributed by atoms with Gasteiger partial charge in [0.1, 0.15) is 5.75 Å². The maximum absolute atomic E-state index is 11.8. The van der Waals surface area contributed by atoms with E-state index in [2.05, 4.69) is 19.6 Å². The Balaban J connectivity index is 1.73. The van der Waals surface area contributed by atoms with E-state index in [1.165, 1.54) is 9.80 Å². The van der Waals surface area contributed by atoms with E-state index in [-0.39, 0.29) is 26.5 Å². The number of carbonyl (C=O) groups is 2. The summed E-state index contributed by atoms with van der Waals surface area (Å²) < 4.78 is 11.2. The number of amides is 2. The Morgan fingerprint density at radius 1 is 1.09 bits per heavy atom. The van der Waals surface area contributed by atoms with Crippen LogP contribution < -0.4 is 4.74 Å². The Hall–Kier alpha value is -2.56. The van der Waals surface area contributed by atoms with Crippen LogP contribution in [0.5, 0.6) is 5.75 Å². The van der Waals surface area contributed by atoms with Crippen LogP contribution in [-0.4, -0.2) is 90.6 Å². The molecule has 1 fully saturated rings. The first-order chi connectivity index (χ1) is 15.1. The molecule has 0 saturated carbocycles. The zero-order valence-electron chi connectivity index (χ0n) is 18.8. The highest BCUT2D eigenvalue weighted by Crippen LogP contribution is 2.38. The Labute approximate surface area is 188 Å². The summed E-state index contributed by atoms with van der Waals surface area (Å²) in [6, 6.07) is 7.27. The topological polar surface area (TPSA) is 120 Å². The van der Waals surface area contributed by atoms with Gasteiger partial charge in [0.15, 0.2) is 6.79 Å². The van der Waals surface area contributed by atoms with Crippen LogP contribution >= 0.6 is 0 Å². The molecule has 2 heterocycles. The highest BCUT2D eigenvalue weighted by atomic mass is 28.3. The van der Waals surface area contributed by atoms with Gasteiger partial charge in [0.25, 0.3) is 0 Å². The van der Waals surface area contributed by atoms with Gasteiger partial charge >= 0.3 is 12.2 Å². The van der Waals surface area contributed by atoms with E-state index in [4.69, 9.17) is 9.47 Å². The molecule has 0 spiro atoms. The first-order valence-corrected chi connectivity index (χ1v) is 14.4. The fraction of sp³-hybridized carbons (Fsp3) is 0.545. The minimum atomic E-state index is -1.14. The molecule has 9 nitrogen and oxygen atoms in total. The van der Waals surface area contributed by atoms with Crippen LogP contribution in [0, 0.1) is 0 Å². The molecule has 2 amide bonds. The predicted molar refractivity (Wildman–Crippen MR) is 122 cm³/mol. The van der Waals surface area contributed by atoms with Gasteiger partial charge in [-0.25, -0.2) is 9.59 Å². The molecule has 32 heavy (non-hydrogen) atoms. The lowest BCUT2D eigenvalue weighted by atomic mass is 9.82. The molecule has 1 aromatic carbocycles. The van der Waals surface area contributed by atoms with Gasteiger partial charge in [-0.15, -0.1) is 0 Å². The minimum absolute atomic E-state index is 0.00742. The van der Waals surface area contributed by atoms with E-state index in [1.54, 1.807) is 0 Å². The third kappa shape index (κ3) is 5.62. The second-order valence-electron chi connectivity index (χ2n) is 9.42. The van der Waals surface area contributed by atoms with Crippen molar-refractivity contribution >= 4 is 25.8 Å². The van der Waals surface area contributed by atoms with Gasteiger partial charge in [-0.05, 0) is 41.3 Å². The number of hydrogen-bond donors (Lipinski definition) is 3. The first-order valence-electron chi connectivity index (χ1n) is 10.7. The van der Waals surface area contributed by atoms with Crippen molar-refractivity contribution in [2.24, 2.45) is 0 Å². The largest absolute Gasteiger partial charge is 0.468 e. The molecule has 0 aromatic heterocycles. The van der Waals surface area contributed by atoms with Gasteiger partial charge in [-0.3, -0.25) is 4.90 Å². The quantitative estimate of drug-likeness (QED) is 0.307. The molecule has 2 aliphatic rings. The molecule has 0 aliphatic carbocycles. The summed E-state index contributed by atoms with van der Waals surface area (Å²) in [7, 11) is -1.14. The van der Waals surface area contributed by atoms with E-state index < -0.39 is 32.3 Å². The molecule has 2 bridgehead atoms. The number of aliphatic hydroxyl groups is 1. The van der Waals surface area contributed by atoms with E-state index in [1.807, 2.05) is 24.3 Å². The van der Waals surface area contributed by atoms with Crippen molar-refractivity contribution in [2.75, 3.05) is 33.1 Å². The van der Waals surface area contributed by atoms with Crippen LogP contribution in [0.1, 0.15) is 12.0 Å². The van der Waals surface area contributed by atoms with Crippen molar-refractivity contribution in [3.8, 4) is 5.75 Å². The number of hydrogen-bond acceptors (Lipinski definition) is 5. The lowest BCUT2D eigenvalue weighted by molar-refractivity contribution is 0.0220. The third-order valence-corrected chi connectivity index (χ3v) is 7.66. The molecule has 3 rings (SSSR count).